The summed E-state index contributed by atoms with van der Waals surface area (Å²) in [6, 6.07) is 7.78. The summed E-state index contributed by atoms with van der Waals surface area (Å²) in [5.41, 5.74) is 0.776. The molecule has 0 bridgehead atoms. The van der Waals surface area contributed by atoms with Crippen molar-refractivity contribution in [2.45, 2.75) is 38.1 Å². The van der Waals surface area contributed by atoms with Crippen LogP contribution in [0.4, 0.5) is 5.69 Å². The normalized spacial score (nSPS) is 23.7. The molecule has 0 spiro atoms. The summed E-state index contributed by atoms with van der Waals surface area (Å²) in [4.78, 5) is 15.3. The number of piperidine rings is 2. The minimum atomic E-state index is 0.0873. The zero-order valence-electron chi connectivity index (χ0n) is 14.0. The van der Waals surface area contributed by atoms with Crippen LogP contribution in [-0.4, -0.2) is 50.6 Å². The molecule has 0 aliphatic carbocycles. The Morgan fingerprint density at radius 1 is 1.16 bits per heavy atom. The Morgan fingerprint density at radius 3 is 2.80 bits per heavy atom. The Balaban J connectivity index is 1.38. The Labute approximate surface area is 145 Å². The van der Waals surface area contributed by atoms with Gasteiger partial charge in [-0.2, -0.15) is 5.21 Å². The number of nitrogens with zero attached hydrogens (tertiary/aromatic N) is 4. The number of hydrogen-bond acceptors (Lipinski definition) is 6. The van der Waals surface area contributed by atoms with Crippen LogP contribution in [0, 0.1) is 5.92 Å². The van der Waals surface area contributed by atoms with Gasteiger partial charge in [-0.15, -0.1) is 0 Å². The van der Waals surface area contributed by atoms with E-state index in [9.17, 15) is 4.79 Å². The largest absolute Gasteiger partial charge is 0.422 e. The molecule has 4 rings (SSSR count). The molecule has 2 aliphatic rings. The first-order chi connectivity index (χ1) is 12.3. The van der Waals surface area contributed by atoms with Gasteiger partial charge in [0.25, 0.3) is 0 Å². The first-order valence-electron chi connectivity index (χ1n) is 8.86. The van der Waals surface area contributed by atoms with Gasteiger partial charge in [0.2, 0.25) is 5.91 Å². The Kier molecular flexibility index (Phi) is 4.60. The number of nitrogens with one attached hydrogen (secondary N) is 2. The maximum absolute atomic E-state index is 12.8. The van der Waals surface area contributed by atoms with Crippen LogP contribution >= 0.6 is 0 Å². The van der Waals surface area contributed by atoms with Crippen LogP contribution in [0.1, 0.15) is 32.1 Å². The Hall–Kier alpha value is -2.48. The summed E-state index contributed by atoms with van der Waals surface area (Å²) in [6.45, 7) is 2.27. The standard InChI is InChI=1S/C17H22N6O2/c24-16(14-4-3-11-23-10-2-1-5-15(14)23)18-12-6-8-13(9-7-12)25-17-19-21-22-20-17/h6-9,14-15H,1-5,10-11H2,(H,18,24)(H,19,20,21,22)/t14-,15-/m1/s1. The third kappa shape index (κ3) is 3.63. The number of carbonyl (C=O) groups is 1. The number of ether oxygens (including phenoxy) is 1. The highest BCUT2D eigenvalue weighted by molar-refractivity contribution is 5.93. The van der Waals surface area contributed by atoms with Crippen molar-refractivity contribution in [1.82, 2.24) is 25.5 Å². The number of anilines is 1. The van der Waals surface area contributed by atoms with Crippen LogP contribution < -0.4 is 10.1 Å². The third-order valence-electron chi connectivity index (χ3n) is 5.08. The van der Waals surface area contributed by atoms with Gasteiger partial charge in [0, 0.05) is 11.7 Å². The van der Waals surface area contributed by atoms with E-state index in [4.69, 9.17) is 4.74 Å². The highest BCUT2D eigenvalue weighted by Crippen LogP contribution is 2.31. The molecule has 1 aromatic carbocycles. The summed E-state index contributed by atoms with van der Waals surface area (Å²) >= 11 is 0. The number of hydrogen-bond donors (Lipinski definition) is 2. The molecule has 8 nitrogen and oxygen atoms in total. The highest BCUT2D eigenvalue weighted by Gasteiger charge is 2.36. The van der Waals surface area contributed by atoms with Gasteiger partial charge in [0.1, 0.15) is 5.75 Å². The van der Waals surface area contributed by atoms with Crippen LogP contribution in [0.2, 0.25) is 0 Å². The molecule has 25 heavy (non-hydrogen) atoms. The average molecular weight is 342 g/mol. The average Bonchev–Trinajstić information content (AvgIpc) is 3.16. The van der Waals surface area contributed by atoms with Crippen LogP contribution in [0.3, 0.4) is 0 Å². The number of fused-ring (bicyclic) bond motifs is 1. The lowest BCUT2D eigenvalue weighted by molar-refractivity contribution is -0.124. The molecule has 0 unspecified atom stereocenters. The fraction of sp³-hybridized carbons (Fsp3) is 0.529. The van der Waals surface area contributed by atoms with Crippen LogP contribution in [0.15, 0.2) is 24.3 Å². The molecule has 2 atom stereocenters. The van der Waals surface area contributed by atoms with Crippen LogP contribution in [-0.2, 0) is 4.79 Å². The topological polar surface area (TPSA) is 96.0 Å². The van der Waals surface area contributed by atoms with Gasteiger partial charge < -0.3 is 10.1 Å². The molecule has 2 fully saturated rings. The summed E-state index contributed by atoms with van der Waals surface area (Å²) < 4.78 is 5.43. The molecule has 132 valence electrons. The number of aromatic amines is 1. The maximum atomic E-state index is 12.8. The van der Waals surface area contributed by atoms with Crippen molar-refractivity contribution in [3.63, 3.8) is 0 Å². The molecule has 8 heteroatoms. The van der Waals surface area contributed by atoms with Gasteiger partial charge in [0.15, 0.2) is 0 Å². The van der Waals surface area contributed by atoms with E-state index in [1.165, 1.54) is 12.8 Å². The van der Waals surface area contributed by atoms with E-state index in [0.717, 1.165) is 38.0 Å². The molecule has 2 aromatic rings. The minimum Gasteiger partial charge on any atom is -0.422 e. The molecule has 1 amide bonds. The first kappa shape index (κ1) is 16.0. The van der Waals surface area contributed by atoms with Gasteiger partial charge >= 0.3 is 6.01 Å². The van der Waals surface area contributed by atoms with Gasteiger partial charge in [-0.1, -0.05) is 16.6 Å². The monoisotopic (exact) mass is 342 g/mol. The predicted octanol–water partition coefficient (Wildman–Crippen LogP) is 2.20. The van der Waals surface area contributed by atoms with E-state index in [1.807, 2.05) is 12.1 Å². The second-order valence-electron chi connectivity index (χ2n) is 6.66. The quantitative estimate of drug-likeness (QED) is 0.884. The Bertz CT molecular complexity index is 700. The number of amides is 1. The summed E-state index contributed by atoms with van der Waals surface area (Å²) in [5, 5.41) is 16.3. The number of tetrazole rings is 1. The number of benzene rings is 1. The molecule has 2 aliphatic heterocycles. The molecular weight excluding hydrogens is 320 g/mol. The molecule has 0 saturated carbocycles. The minimum absolute atomic E-state index is 0.0873. The van der Waals surface area contributed by atoms with Crippen LogP contribution in [0.25, 0.3) is 0 Å². The maximum Gasteiger partial charge on any atom is 0.361 e. The van der Waals surface area contributed by atoms with E-state index in [1.54, 1.807) is 12.1 Å². The van der Waals surface area contributed by atoms with Crippen molar-refractivity contribution >= 4 is 11.6 Å². The zero-order valence-corrected chi connectivity index (χ0v) is 14.0. The van der Waals surface area contributed by atoms with E-state index in [0.29, 0.717) is 11.8 Å². The number of carbonyl (C=O) groups excluding carboxylic acids is 1. The smallest absolute Gasteiger partial charge is 0.361 e. The predicted molar refractivity (Wildman–Crippen MR) is 91.3 cm³/mol. The Morgan fingerprint density at radius 2 is 2.00 bits per heavy atom. The van der Waals surface area contributed by atoms with E-state index in [-0.39, 0.29) is 17.8 Å². The van der Waals surface area contributed by atoms with Gasteiger partial charge in [-0.25, -0.2) is 0 Å². The summed E-state index contributed by atoms with van der Waals surface area (Å²) in [7, 11) is 0. The van der Waals surface area contributed by atoms with Crippen molar-refractivity contribution in [3.8, 4) is 11.8 Å². The van der Waals surface area contributed by atoms with Gasteiger partial charge in [-0.3, -0.25) is 9.69 Å². The third-order valence-corrected chi connectivity index (χ3v) is 5.08. The molecule has 2 saturated heterocycles. The number of H-pyrrole nitrogens is 1. The van der Waals surface area contributed by atoms with Crippen molar-refractivity contribution in [2.75, 3.05) is 18.4 Å². The molecule has 0 radical (unpaired) electrons. The lowest BCUT2D eigenvalue weighted by Gasteiger charge is -2.43. The zero-order chi connectivity index (χ0) is 17.1. The number of rotatable bonds is 4. The molecular formula is C17H22N6O2. The van der Waals surface area contributed by atoms with Gasteiger partial charge in [0.05, 0.1) is 5.92 Å². The second kappa shape index (κ2) is 7.18. The fourth-order valence-electron chi connectivity index (χ4n) is 3.91. The van der Waals surface area contributed by atoms with E-state index in [2.05, 4.69) is 30.8 Å². The summed E-state index contributed by atoms with van der Waals surface area (Å²) in [5.74, 6) is 0.809. The second-order valence-corrected chi connectivity index (χ2v) is 6.66. The van der Waals surface area contributed by atoms with Crippen molar-refractivity contribution in [1.29, 1.82) is 0 Å². The molecule has 1 aromatic heterocycles. The number of aromatic nitrogens is 4. The van der Waals surface area contributed by atoms with Crippen molar-refractivity contribution in [3.05, 3.63) is 24.3 Å². The first-order valence-corrected chi connectivity index (χ1v) is 8.86. The van der Waals surface area contributed by atoms with E-state index >= 15 is 0 Å². The molecule has 3 heterocycles. The lowest BCUT2D eigenvalue weighted by Crippen LogP contribution is -2.51. The lowest BCUT2D eigenvalue weighted by atomic mass is 9.83. The van der Waals surface area contributed by atoms with E-state index < -0.39 is 0 Å². The van der Waals surface area contributed by atoms with Crippen molar-refractivity contribution in [2.24, 2.45) is 5.92 Å². The fourth-order valence-corrected chi connectivity index (χ4v) is 3.91. The van der Waals surface area contributed by atoms with Crippen LogP contribution in [0.5, 0.6) is 11.8 Å². The summed E-state index contributed by atoms with van der Waals surface area (Å²) in [6.07, 6.45) is 5.70. The van der Waals surface area contributed by atoms with Crippen molar-refractivity contribution < 1.29 is 9.53 Å². The molecule has 2 N–H and O–H groups in total. The highest BCUT2D eigenvalue weighted by atomic mass is 16.5. The SMILES string of the molecule is O=C(Nc1ccc(Oc2nn[nH]n2)cc1)[C@@H]1CCCN2CCCC[C@H]12. The van der Waals surface area contributed by atoms with Gasteiger partial charge in [-0.05, 0) is 68.3 Å².